The summed E-state index contributed by atoms with van der Waals surface area (Å²) < 4.78 is 5.40. The van der Waals surface area contributed by atoms with Gasteiger partial charge in [0.05, 0.1) is 18.7 Å². The molecule has 0 aromatic heterocycles. The van der Waals surface area contributed by atoms with Crippen molar-refractivity contribution < 1.29 is 9.84 Å². The maximum absolute atomic E-state index is 9.06. The minimum atomic E-state index is 0.190. The summed E-state index contributed by atoms with van der Waals surface area (Å²) in [5.41, 5.74) is 1.86. The van der Waals surface area contributed by atoms with E-state index in [2.05, 4.69) is 31.7 Å². The largest absolute Gasteiger partial charge is 0.496 e. The van der Waals surface area contributed by atoms with Gasteiger partial charge in [-0.25, -0.2) is 0 Å². The summed E-state index contributed by atoms with van der Waals surface area (Å²) in [4.78, 5) is 2.32. The number of aliphatic hydroxyl groups is 1. The summed E-state index contributed by atoms with van der Waals surface area (Å²) in [5, 5.41) is 18.0. The monoisotopic (exact) mass is 290 g/mol. The van der Waals surface area contributed by atoms with Crippen molar-refractivity contribution in [2.24, 2.45) is 5.41 Å². The molecule has 0 aliphatic carbocycles. The number of hydrogen-bond acceptors (Lipinski definition) is 4. The average molecular weight is 290 g/mol. The Balaban J connectivity index is 2.89. The molecule has 0 fully saturated rings. The van der Waals surface area contributed by atoms with Crippen LogP contribution in [-0.4, -0.2) is 36.8 Å². The topological polar surface area (TPSA) is 56.5 Å². The predicted octanol–water partition coefficient (Wildman–Crippen LogP) is 2.80. The maximum atomic E-state index is 9.06. The number of nitriles is 1. The van der Waals surface area contributed by atoms with Crippen molar-refractivity contribution in [1.29, 1.82) is 5.26 Å². The third-order valence-corrected chi connectivity index (χ3v) is 3.14. The number of nitrogens with zero attached hydrogens (tertiary/aromatic N) is 2. The smallest absolute Gasteiger partial charge is 0.124 e. The zero-order chi connectivity index (χ0) is 15.9. The Morgan fingerprint density at radius 1 is 1.33 bits per heavy atom. The number of rotatable bonds is 7. The van der Waals surface area contributed by atoms with E-state index < -0.39 is 0 Å². The summed E-state index contributed by atoms with van der Waals surface area (Å²) in [6.45, 7) is 9.35. The molecule has 0 spiro atoms. The summed E-state index contributed by atoms with van der Waals surface area (Å²) in [6, 6.07) is 7.67. The molecular formula is C17H26N2O2. The summed E-state index contributed by atoms with van der Waals surface area (Å²) in [6.07, 6.45) is 0.759. The third kappa shape index (κ3) is 6.16. The predicted molar refractivity (Wildman–Crippen MR) is 84.1 cm³/mol. The second-order valence-electron chi connectivity index (χ2n) is 6.49. The molecule has 4 heteroatoms. The van der Waals surface area contributed by atoms with Gasteiger partial charge in [-0.2, -0.15) is 5.26 Å². The van der Waals surface area contributed by atoms with E-state index in [0.717, 1.165) is 37.4 Å². The van der Waals surface area contributed by atoms with E-state index in [1.807, 2.05) is 12.1 Å². The fourth-order valence-corrected chi connectivity index (χ4v) is 2.36. The van der Waals surface area contributed by atoms with Crippen molar-refractivity contribution in [2.75, 3.05) is 26.8 Å². The van der Waals surface area contributed by atoms with Gasteiger partial charge in [-0.15, -0.1) is 0 Å². The standard InChI is InChI=1S/C17H26N2O2/c1-17(2,3)13-19(8-5-9-20)12-15-7-6-14(11-18)10-16(15)21-4/h6-7,10,20H,5,8-9,12-13H2,1-4H3. The van der Waals surface area contributed by atoms with Crippen LogP contribution in [-0.2, 0) is 6.54 Å². The second kappa shape index (κ2) is 8.02. The van der Waals surface area contributed by atoms with Crippen LogP contribution in [0.4, 0.5) is 0 Å². The minimum Gasteiger partial charge on any atom is -0.496 e. The lowest BCUT2D eigenvalue weighted by Gasteiger charge is -2.30. The Morgan fingerprint density at radius 3 is 2.57 bits per heavy atom. The molecule has 21 heavy (non-hydrogen) atoms. The van der Waals surface area contributed by atoms with Crippen LogP contribution in [0.15, 0.2) is 18.2 Å². The third-order valence-electron chi connectivity index (χ3n) is 3.14. The zero-order valence-electron chi connectivity index (χ0n) is 13.5. The second-order valence-corrected chi connectivity index (χ2v) is 6.49. The molecule has 1 N–H and O–H groups in total. The van der Waals surface area contributed by atoms with Gasteiger partial charge < -0.3 is 9.84 Å². The molecule has 0 atom stereocenters. The van der Waals surface area contributed by atoms with Gasteiger partial charge in [0.25, 0.3) is 0 Å². The lowest BCUT2D eigenvalue weighted by Crippen LogP contribution is -2.33. The van der Waals surface area contributed by atoms with Gasteiger partial charge in [-0.3, -0.25) is 4.90 Å². The van der Waals surface area contributed by atoms with Gasteiger partial charge in [-0.1, -0.05) is 26.8 Å². The van der Waals surface area contributed by atoms with Crippen LogP contribution in [0.2, 0.25) is 0 Å². The molecule has 0 bridgehead atoms. The number of methoxy groups -OCH3 is 1. The molecule has 0 radical (unpaired) electrons. The van der Waals surface area contributed by atoms with Gasteiger partial charge in [-0.05, 0) is 24.0 Å². The Bertz CT molecular complexity index is 487. The van der Waals surface area contributed by atoms with Crippen molar-refractivity contribution in [3.63, 3.8) is 0 Å². The first-order valence-corrected chi connectivity index (χ1v) is 7.30. The van der Waals surface area contributed by atoms with Gasteiger partial charge in [0.15, 0.2) is 0 Å². The fraction of sp³-hybridized carbons (Fsp3) is 0.588. The van der Waals surface area contributed by atoms with E-state index in [4.69, 9.17) is 15.1 Å². The van der Waals surface area contributed by atoms with Crippen LogP contribution >= 0.6 is 0 Å². The van der Waals surface area contributed by atoms with Crippen LogP contribution < -0.4 is 4.74 Å². The van der Waals surface area contributed by atoms with Crippen molar-refractivity contribution in [3.8, 4) is 11.8 Å². The molecule has 1 rings (SSSR count). The number of ether oxygens (including phenoxy) is 1. The molecule has 1 aromatic rings. The molecule has 0 heterocycles. The van der Waals surface area contributed by atoms with Crippen LogP contribution in [0.1, 0.15) is 38.3 Å². The van der Waals surface area contributed by atoms with Crippen molar-refractivity contribution in [1.82, 2.24) is 4.90 Å². The number of aliphatic hydroxyl groups excluding tert-OH is 1. The van der Waals surface area contributed by atoms with Crippen LogP contribution in [0.5, 0.6) is 5.75 Å². The molecule has 0 saturated carbocycles. The van der Waals surface area contributed by atoms with E-state index in [1.54, 1.807) is 13.2 Å². The van der Waals surface area contributed by atoms with E-state index >= 15 is 0 Å². The van der Waals surface area contributed by atoms with Crippen LogP contribution in [0.25, 0.3) is 0 Å². The number of benzene rings is 1. The highest BCUT2D eigenvalue weighted by Crippen LogP contribution is 2.24. The Morgan fingerprint density at radius 2 is 2.05 bits per heavy atom. The van der Waals surface area contributed by atoms with Crippen molar-refractivity contribution in [3.05, 3.63) is 29.3 Å². The van der Waals surface area contributed by atoms with Gasteiger partial charge in [0, 0.05) is 31.8 Å². The Kier molecular flexibility index (Phi) is 6.67. The van der Waals surface area contributed by atoms with Crippen molar-refractivity contribution in [2.45, 2.75) is 33.7 Å². The lowest BCUT2D eigenvalue weighted by atomic mass is 9.95. The normalized spacial score (nSPS) is 11.5. The molecule has 1 aromatic carbocycles. The van der Waals surface area contributed by atoms with Gasteiger partial charge in [0.1, 0.15) is 5.75 Å². The molecule has 0 aliphatic heterocycles. The lowest BCUT2D eigenvalue weighted by molar-refractivity contribution is 0.164. The summed E-state index contributed by atoms with van der Waals surface area (Å²) in [7, 11) is 1.63. The first kappa shape index (κ1) is 17.5. The summed E-state index contributed by atoms with van der Waals surface area (Å²) >= 11 is 0. The van der Waals surface area contributed by atoms with E-state index in [-0.39, 0.29) is 12.0 Å². The fourth-order valence-electron chi connectivity index (χ4n) is 2.36. The maximum Gasteiger partial charge on any atom is 0.124 e. The first-order valence-electron chi connectivity index (χ1n) is 7.30. The molecule has 0 aliphatic rings. The van der Waals surface area contributed by atoms with Crippen molar-refractivity contribution >= 4 is 0 Å². The molecule has 0 amide bonds. The van der Waals surface area contributed by atoms with E-state index in [9.17, 15) is 0 Å². The Hall–Kier alpha value is -1.57. The zero-order valence-corrected chi connectivity index (χ0v) is 13.5. The molecule has 116 valence electrons. The first-order chi connectivity index (χ1) is 9.89. The summed E-state index contributed by atoms with van der Waals surface area (Å²) in [5.74, 6) is 0.747. The SMILES string of the molecule is COc1cc(C#N)ccc1CN(CCCO)CC(C)(C)C. The number of hydrogen-bond donors (Lipinski definition) is 1. The van der Waals surface area contributed by atoms with Gasteiger partial charge in [0.2, 0.25) is 0 Å². The molecular weight excluding hydrogens is 264 g/mol. The highest BCUT2D eigenvalue weighted by Gasteiger charge is 2.18. The van der Waals surface area contributed by atoms with E-state index in [1.165, 1.54) is 0 Å². The highest BCUT2D eigenvalue weighted by atomic mass is 16.5. The van der Waals surface area contributed by atoms with E-state index in [0.29, 0.717) is 5.56 Å². The quantitative estimate of drug-likeness (QED) is 0.839. The van der Waals surface area contributed by atoms with Gasteiger partial charge >= 0.3 is 0 Å². The highest BCUT2D eigenvalue weighted by molar-refractivity contribution is 5.42. The Labute approximate surface area is 128 Å². The molecule has 0 saturated heterocycles. The minimum absolute atomic E-state index is 0.190. The van der Waals surface area contributed by atoms with Crippen LogP contribution in [0.3, 0.4) is 0 Å². The molecule has 0 unspecified atom stereocenters. The van der Waals surface area contributed by atoms with Crippen LogP contribution in [0, 0.1) is 16.7 Å². The molecule has 4 nitrogen and oxygen atoms in total. The average Bonchev–Trinajstić information content (AvgIpc) is 2.43.